The van der Waals surface area contributed by atoms with Crippen LogP contribution in [-0.2, 0) is 11.3 Å². The van der Waals surface area contributed by atoms with Crippen molar-refractivity contribution in [3.63, 3.8) is 0 Å². The van der Waals surface area contributed by atoms with Gasteiger partial charge in [0.15, 0.2) is 0 Å². The Morgan fingerprint density at radius 3 is 2.71 bits per heavy atom. The molecule has 1 aliphatic rings. The van der Waals surface area contributed by atoms with Gasteiger partial charge >= 0.3 is 0 Å². The molecule has 0 spiro atoms. The number of piperidine rings is 1. The lowest BCUT2D eigenvalue weighted by atomic mass is 9.92. The van der Waals surface area contributed by atoms with Crippen LogP contribution in [-0.4, -0.2) is 33.9 Å². The molecule has 1 fully saturated rings. The van der Waals surface area contributed by atoms with Crippen molar-refractivity contribution in [2.45, 2.75) is 45.7 Å². The molecule has 116 valence electrons. The van der Waals surface area contributed by atoms with E-state index >= 15 is 0 Å². The van der Waals surface area contributed by atoms with Crippen LogP contribution in [0.3, 0.4) is 0 Å². The van der Waals surface area contributed by atoms with E-state index in [1.54, 1.807) is 17.2 Å². The molecular weight excluding hydrogens is 268 g/mol. The van der Waals surface area contributed by atoms with Crippen LogP contribution in [0.5, 0.6) is 0 Å². The van der Waals surface area contributed by atoms with Gasteiger partial charge in [0.25, 0.3) is 5.91 Å². The van der Waals surface area contributed by atoms with Crippen molar-refractivity contribution in [3.8, 4) is 0 Å². The lowest BCUT2D eigenvalue weighted by molar-refractivity contribution is -0.123. The molecule has 6 nitrogen and oxygen atoms in total. The maximum atomic E-state index is 12.8. The third-order valence-electron chi connectivity index (χ3n) is 4.15. The van der Waals surface area contributed by atoms with Gasteiger partial charge in [-0.3, -0.25) is 9.59 Å². The van der Waals surface area contributed by atoms with Crippen molar-refractivity contribution in [2.75, 3.05) is 12.3 Å². The summed E-state index contributed by atoms with van der Waals surface area (Å²) in [6.07, 6.45) is 4.26. The smallest absolute Gasteiger partial charge is 0.270 e. The lowest BCUT2D eigenvalue weighted by Crippen LogP contribution is -2.49. The van der Waals surface area contributed by atoms with Crippen molar-refractivity contribution < 1.29 is 9.59 Å². The highest BCUT2D eigenvalue weighted by atomic mass is 16.2. The Labute approximate surface area is 125 Å². The normalized spacial score (nSPS) is 22.3. The van der Waals surface area contributed by atoms with E-state index in [9.17, 15) is 9.59 Å². The molecule has 1 saturated heterocycles. The van der Waals surface area contributed by atoms with Crippen LogP contribution in [0.15, 0.2) is 12.3 Å². The maximum absolute atomic E-state index is 12.8. The van der Waals surface area contributed by atoms with Crippen molar-refractivity contribution >= 4 is 17.5 Å². The molecule has 2 rings (SSSR count). The number of hydrogen-bond acceptors (Lipinski definition) is 3. The van der Waals surface area contributed by atoms with E-state index < -0.39 is 0 Å². The van der Waals surface area contributed by atoms with E-state index in [0.717, 1.165) is 25.8 Å². The van der Waals surface area contributed by atoms with Gasteiger partial charge in [-0.25, -0.2) is 0 Å². The Morgan fingerprint density at radius 2 is 2.10 bits per heavy atom. The molecular formula is C15H24N4O2. The zero-order valence-corrected chi connectivity index (χ0v) is 12.7. The number of carbonyl (C=O) groups is 2. The number of rotatable bonds is 4. The molecule has 0 saturated carbocycles. The molecule has 0 radical (unpaired) electrons. The number of primary amides is 1. The predicted octanol–water partition coefficient (Wildman–Crippen LogP) is 1.21. The fourth-order valence-electron chi connectivity index (χ4n) is 2.91. The molecule has 21 heavy (non-hydrogen) atoms. The van der Waals surface area contributed by atoms with Crippen molar-refractivity contribution in [1.29, 1.82) is 0 Å². The van der Waals surface area contributed by atoms with Crippen molar-refractivity contribution in [2.24, 2.45) is 11.7 Å². The van der Waals surface area contributed by atoms with E-state index in [4.69, 9.17) is 11.5 Å². The van der Waals surface area contributed by atoms with E-state index in [2.05, 4.69) is 6.92 Å². The summed E-state index contributed by atoms with van der Waals surface area (Å²) in [5, 5.41) is 0. The van der Waals surface area contributed by atoms with Gasteiger partial charge in [-0.1, -0.05) is 6.92 Å². The monoisotopic (exact) mass is 292 g/mol. The van der Waals surface area contributed by atoms with Crippen LogP contribution in [0.4, 0.5) is 5.69 Å². The summed E-state index contributed by atoms with van der Waals surface area (Å²) in [7, 11) is 0. The van der Waals surface area contributed by atoms with Gasteiger partial charge in [0, 0.05) is 25.3 Å². The topological polar surface area (TPSA) is 94.3 Å². The zero-order valence-electron chi connectivity index (χ0n) is 12.7. The molecule has 1 aliphatic heterocycles. The number of nitrogen functional groups attached to an aromatic ring is 1. The number of aryl methyl sites for hydroxylation is 1. The molecule has 1 aromatic rings. The van der Waals surface area contributed by atoms with Gasteiger partial charge in [-0.2, -0.15) is 0 Å². The van der Waals surface area contributed by atoms with Crippen molar-refractivity contribution in [1.82, 2.24) is 9.47 Å². The van der Waals surface area contributed by atoms with E-state index in [0.29, 0.717) is 17.9 Å². The first-order valence-electron chi connectivity index (χ1n) is 7.50. The van der Waals surface area contributed by atoms with Crippen LogP contribution < -0.4 is 11.5 Å². The summed E-state index contributed by atoms with van der Waals surface area (Å²) < 4.78 is 1.89. The maximum Gasteiger partial charge on any atom is 0.270 e. The fourth-order valence-corrected chi connectivity index (χ4v) is 2.91. The summed E-state index contributed by atoms with van der Waals surface area (Å²) >= 11 is 0. The minimum Gasteiger partial charge on any atom is -0.397 e. The Morgan fingerprint density at radius 1 is 1.38 bits per heavy atom. The number of anilines is 1. The molecule has 0 aliphatic carbocycles. The third-order valence-corrected chi connectivity index (χ3v) is 4.15. The number of hydrogen-bond donors (Lipinski definition) is 2. The minimum absolute atomic E-state index is 0.0707. The standard InChI is InChI=1S/C15H24N4O2/c1-3-6-18-9-12(16)7-13(18)15(21)19-8-11(14(17)20)5-4-10(19)2/h7,9-11H,3-6,8,16H2,1-2H3,(H2,17,20). The number of likely N-dealkylation sites (tertiary alicyclic amines) is 1. The second kappa shape index (κ2) is 6.20. The Bertz CT molecular complexity index is 538. The molecule has 0 aromatic carbocycles. The predicted molar refractivity (Wildman–Crippen MR) is 81.6 cm³/mol. The van der Waals surface area contributed by atoms with Crippen LogP contribution in [0.2, 0.25) is 0 Å². The quantitative estimate of drug-likeness (QED) is 0.873. The highest BCUT2D eigenvalue weighted by Gasteiger charge is 2.33. The summed E-state index contributed by atoms with van der Waals surface area (Å²) in [5.74, 6) is -0.654. The van der Waals surface area contributed by atoms with Gasteiger partial charge in [0.05, 0.1) is 11.6 Å². The first-order valence-corrected chi connectivity index (χ1v) is 7.50. The van der Waals surface area contributed by atoms with Crippen LogP contribution in [0.1, 0.15) is 43.6 Å². The number of nitrogens with two attached hydrogens (primary N) is 2. The number of carbonyl (C=O) groups excluding carboxylic acids is 2. The molecule has 2 unspecified atom stereocenters. The summed E-state index contributed by atoms with van der Waals surface area (Å²) in [5.41, 5.74) is 12.4. The zero-order chi connectivity index (χ0) is 15.6. The van der Waals surface area contributed by atoms with Crippen LogP contribution in [0.25, 0.3) is 0 Å². The highest BCUT2D eigenvalue weighted by Crippen LogP contribution is 2.24. The number of nitrogens with zero attached hydrogens (tertiary/aromatic N) is 2. The van der Waals surface area contributed by atoms with Gasteiger partial charge in [-0.15, -0.1) is 0 Å². The minimum atomic E-state index is -0.330. The molecule has 1 aromatic heterocycles. The summed E-state index contributed by atoms with van der Waals surface area (Å²) in [6, 6.07) is 1.82. The molecule has 2 atom stereocenters. The largest absolute Gasteiger partial charge is 0.397 e. The molecule has 2 amide bonds. The molecule has 0 bridgehead atoms. The number of amides is 2. The average molecular weight is 292 g/mol. The van der Waals surface area contributed by atoms with Gasteiger partial charge in [0.1, 0.15) is 5.69 Å². The lowest BCUT2D eigenvalue weighted by Gasteiger charge is -2.37. The van der Waals surface area contributed by atoms with E-state index in [1.807, 2.05) is 11.5 Å². The first kappa shape index (κ1) is 15.4. The fraction of sp³-hybridized carbons (Fsp3) is 0.600. The SMILES string of the molecule is CCCn1cc(N)cc1C(=O)N1CC(C(N)=O)CCC1C. The Hall–Kier alpha value is -1.98. The summed E-state index contributed by atoms with van der Waals surface area (Å²) in [4.78, 5) is 25.9. The third kappa shape index (κ3) is 3.20. The second-order valence-corrected chi connectivity index (χ2v) is 5.84. The second-order valence-electron chi connectivity index (χ2n) is 5.84. The number of aromatic nitrogens is 1. The molecule has 6 heteroatoms. The molecule has 2 heterocycles. The summed E-state index contributed by atoms with van der Waals surface area (Å²) in [6.45, 7) is 5.20. The Kier molecular flexibility index (Phi) is 4.55. The van der Waals surface area contributed by atoms with Gasteiger partial charge in [0.2, 0.25) is 5.91 Å². The van der Waals surface area contributed by atoms with Gasteiger partial charge in [-0.05, 0) is 32.3 Å². The van der Waals surface area contributed by atoms with Crippen LogP contribution in [0, 0.1) is 5.92 Å². The van der Waals surface area contributed by atoms with E-state index in [1.165, 1.54) is 0 Å². The molecule has 4 N–H and O–H groups in total. The average Bonchev–Trinajstić information content (AvgIpc) is 2.79. The van der Waals surface area contributed by atoms with E-state index in [-0.39, 0.29) is 23.8 Å². The first-order chi connectivity index (χ1) is 9.93. The van der Waals surface area contributed by atoms with Gasteiger partial charge < -0.3 is 20.9 Å². The Balaban J connectivity index is 2.23. The highest BCUT2D eigenvalue weighted by molar-refractivity contribution is 5.94. The van der Waals surface area contributed by atoms with Crippen LogP contribution >= 0.6 is 0 Å². The van der Waals surface area contributed by atoms with Crippen molar-refractivity contribution in [3.05, 3.63) is 18.0 Å².